The predicted molar refractivity (Wildman–Crippen MR) is 118 cm³/mol. The van der Waals surface area contributed by atoms with Crippen LogP contribution in [0.5, 0.6) is 0 Å². The molecule has 2 aromatic heterocycles. The van der Waals surface area contributed by atoms with Gasteiger partial charge in [-0.15, -0.1) is 16.4 Å². The highest BCUT2D eigenvalue weighted by Gasteiger charge is 2.36. The van der Waals surface area contributed by atoms with E-state index < -0.39 is 0 Å². The van der Waals surface area contributed by atoms with Crippen LogP contribution >= 0.6 is 23.1 Å². The number of hydrogen-bond donors (Lipinski definition) is 2. The minimum atomic E-state index is -0.171. The minimum Gasteiger partial charge on any atom is -0.456 e. The molecule has 9 heteroatoms. The number of carbonyl (C=O) groups is 1. The Hall–Kier alpha value is -2.65. The van der Waals surface area contributed by atoms with Gasteiger partial charge < -0.3 is 15.9 Å². The first-order valence-electron chi connectivity index (χ1n) is 9.09. The fourth-order valence-corrected chi connectivity index (χ4v) is 5.48. The molecule has 0 atom stereocenters. The Morgan fingerprint density at radius 1 is 1.28 bits per heavy atom. The number of thioether (sulfide) groups is 1. The van der Waals surface area contributed by atoms with Crippen LogP contribution in [0.25, 0.3) is 10.2 Å². The monoisotopic (exact) mass is 427 g/mol. The van der Waals surface area contributed by atoms with Crippen molar-refractivity contribution in [3.05, 3.63) is 46.9 Å². The van der Waals surface area contributed by atoms with E-state index in [1.807, 2.05) is 31.2 Å². The van der Waals surface area contributed by atoms with Crippen LogP contribution in [0.2, 0.25) is 0 Å². The number of nitrogens with zero attached hydrogens (tertiary/aromatic N) is 3. The average molecular weight is 428 g/mol. The van der Waals surface area contributed by atoms with Gasteiger partial charge in [0.05, 0.1) is 15.9 Å². The van der Waals surface area contributed by atoms with Crippen LogP contribution in [0.1, 0.15) is 47.7 Å². The van der Waals surface area contributed by atoms with E-state index in [0.29, 0.717) is 22.9 Å². The maximum Gasteiger partial charge on any atom is 0.261 e. The molecular weight excluding hydrogens is 406 g/mol. The number of guanidine groups is 1. The van der Waals surface area contributed by atoms with E-state index in [4.69, 9.17) is 15.9 Å². The minimum absolute atomic E-state index is 0.0739. The van der Waals surface area contributed by atoms with Crippen LogP contribution in [0.3, 0.4) is 0 Å². The summed E-state index contributed by atoms with van der Waals surface area (Å²) in [5.41, 5.74) is 14.0. The topological polar surface area (TPSA) is 120 Å². The summed E-state index contributed by atoms with van der Waals surface area (Å²) in [6, 6.07) is 7.82. The van der Waals surface area contributed by atoms with E-state index in [2.05, 4.69) is 29.0 Å². The van der Waals surface area contributed by atoms with Gasteiger partial charge in [0, 0.05) is 17.5 Å². The van der Waals surface area contributed by atoms with Crippen LogP contribution < -0.4 is 11.5 Å². The molecule has 0 saturated carbocycles. The second-order valence-corrected chi connectivity index (χ2v) is 10.0. The Morgan fingerprint density at radius 2 is 2.03 bits per heavy atom. The third kappa shape index (κ3) is 3.92. The zero-order chi connectivity index (χ0) is 20.8. The summed E-state index contributed by atoms with van der Waals surface area (Å²) in [6.07, 6.45) is 1.40. The summed E-state index contributed by atoms with van der Waals surface area (Å²) in [7, 11) is 0. The van der Waals surface area contributed by atoms with Gasteiger partial charge in [0.2, 0.25) is 5.96 Å². The van der Waals surface area contributed by atoms with Crippen LogP contribution in [-0.4, -0.2) is 21.8 Å². The van der Waals surface area contributed by atoms with Gasteiger partial charge in [-0.1, -0.05) is 26.0 Å². The van der Waals surface area contributed by atoms with E-state index in [9.17, 15) is 4.79 Å². The molecule has 4 N–H and O–H groups in total. The normalized spacial score (nSPS) is 16.7. The van der Waals surface area contributed by atoms with Crippen molar-refractivity contribution in [3.63, 3.8) is 0 Å². The Morgan fingerprint density at radius 3 is 2.76 bits per heavy atom. The molecule has 3 aromatic rings. The number of fused-ring (bicyclic) bond motifs is 2. The van der Waals surface area contributed by atoms with Crippen molar-refractivity contribution in [1.82, 2.24) is 4.98 Å². The number of thiazole rings is 1. The van der Waals surface area contributed by atoms with E-state index in [1.54, 1.807) is 0 Å². The highest BCUT2D eigenvalue weighted by molar-refractivity contribution is 8.15. The number of benzene rings is 1. The molecule has 0 spiro atoms. The van der Waals surface area contributed by atoms with E-state index in [-0.39, 0.29) is 16.5 Å². The van der Waals surface area contributed by atoms with Crippen LogP contribution in [0, 0.1) is 12.3 Å². The Labute approximate surface area is 176 Å². The summed E-state index contributed by atoms with van der Waals surface area (Å²) in [5, 5.41) is 7.88. The van der Waals surface area contributed by atoms with Gasteiger partial charge >= 0.3 is 0 Å². The molecule has 1 aliphatic carbocycles. The van der Waals surface area contributed by atoms with Gasteiger partial charge in [-0.2, -0.15) is 5.10 Å². The average Bonchev–Trinajstić information content (AvgIpc) is 3.19. The lowest BCUT2D eigenvalue weighted by molar-refractivity contribution is 0.106. The zero-order valence-electron chi connectivity index (χ0n) is 16.4. The molecule has 0 aliphatic heterocycles. The third-order valence-electron chi connectivity index (χ3n) is 4.72. The second kappa shape index (κ2) is 7.31. The van der Waals surface area contributed by atoms with Crippen molar-refractivity contribution in [2.75, 3.05) is 0 Å². The first-order chi connectivity index (χ1) is 13.7. The van der Waals surface area contributed by atoms with Crippen molar-refractivity contribution in [3.8, 4) is 0 Å². The van der Waals surface area contributed by atoms with Gasteiger partial charge in [-0.25, -0.2) is 4.98 Å². The first-order valence-corrected chi connectivity index (χ1v) is 10.7. The number of para-hydroxylation sites is 1. The maximum atomic E-state index is 13.0. The molecule has 29 heavy (non-hydrogen) atoms. The van der Waals surface area contributed by atoms with Gasteiger partial charge in [0.25, 0.3) is 5.12 Å². The Kier molecular flexibility index (Phi) is 4.95. The Bertz CT molecular complexity index is 1140. The van der Waals surface area contributed by atoms with Crippen molar-refractivity contribution in [2.24, 2.45) is 27.1 Å². The molecule has 0 saturated heterocycles. The Balaban J connectivity index is 1.69. The lowest BCUT2D eigenvalue weighted by Gasteiger charge is -2.29. The molecule has 1 aliphatic rings. The van der Waals surface area contributed by atoms with Crippen LogP contribution in [-0.2, 0) is 6.42 Å². The van der Waals surface area contributed by atoms with Gasteiger partial charge in [0.1, 0.15) is 5.76 Å². The summed E-state index contributed by atoms with van der Waals surface area (Å²) >= 11 is 2.58. The van der Waals surface area contributed by atoms with Crippen molar-refractivity contribution in [1.29, 1.82) is 0 Å². The largest absolute Gasteiger partial charge is 0.456 e. The predicted octanol–water partition coefficient (Wildman–Crippen LogP) is 4.08. The van der Waals surface area contributed by atoms with E-state index >= 15 is 0 Å². The molecule has 0 amide bonds. The molecule has 0 bridgehead atoms. The molecule has 0 radical (unpaired) electrons. The number of furan rings is 1. The van der Waals surface area contributed by atoms with Gasteiger partial charge in [-0.3, -0.25) is 4.79 Å². The standard InChI is InChI=1S/C20H21N5O2S2/c1-10-15-12(24-25-18(21)22)8-20(2,3)9-13(15)27-16(10)17(26)29-19-23-11-6-4-5-7-14(11)28-19/h4-7H,8-9H2,1-3H3,(H4,21,22,25)/b24-12-. The number of aromatic nitrogens is 1. The summed E-state index contributed by atoms with van der Waals surface area (Å²) in [5.74, 6) is 0.970. The van der Waals surface area contributed by atoms with Crippen molar-refractivity contribution in [2.45, 2.75) is 38.0 Å². The highest BCUT2D eigenvalue weighted by Crippen LogP contribution is 2.40. The maximum absolute atomic E-state index is 13.0. The molecule has 7 nitrogen and oxygen atoms in total. The number of hydrogen-bond acceptors (Lipinski definition) is 7. The molecule has 1 aromatic carbocycles. The lowest BCUT2D eigenvalue weighted by atomic mass is 9.75. The zero-order valence-corrected chi connectivity index (χ0v) is 18.0. The van der Waals surface area contributed by atoms with Gasteiger partial charge in [-0.05, 0) is 42.7 Å². The van der Waals surface area contributed by atoms with Crippen LogP contribution in [0.15, 0.2) is 43.2 Å². The summed E-state index contributed by atoms with van der Waals surface area (Å²) in [4.78, 5) is 17.5. The molecular formula is C20H21N5O2S2. The smallest absolute Gasteiger partial charge is 0.261 e. The SMILES string of the molecule is Cc1c(C(=O)Sc2nc3ccccc3s2)oc2c1/C(=N\N=C(N)N)CC(C)(C)C2. The molecule has 2 heterocycles. The first kappa shape index (κ1) is 19.7. The summed E-state index contributed by atoms with van der Waals surface area (Å²) < 4.78 is 7.77. The quantitative estimate of drug-likeness (QED) is 0.281. The highest BCUT2D eigenvalue weighted by atomic mass is 32.2. The summed E-state index contributed by atoms with van der Waals surface area (Å²) in [6.45, 7) is 6.12. The molecule has 0 unspecified atom stereocenters. The molecule has 4 rings (SSSR count). The van der Waals surface area contributed by atoms with Crippen molar-refractivity contribution >= 4 is 50.1 Å². The fourth-order valence-electron chi connectivity index (χ4n) is 3.53. The second-order valence-electron chi connectivity index (χ2n) is 7.78. The van der Waals surface area contributed by atoms with E-state index in [0.717, 1.165) is 44.6 Å². The number of carbonyl (C=O) groups excluding carboxylic acids is 1. The number of rotatable bonds is 3. The molecule has 0 fully saturated rings. The lowest BCUT2D eigenvalue weighted by Crippen LogP contribution is -2.27. The van der Waals surface area contributed by atoms with Crippen molar-refractivity contribution < 1.29 is 9.21 Å². The fraction of sp³-hybridized carbons (Fsp3) is 0.300. The molecule has 150 valence electrons. The third-order valence-corrected chi connectivity index (χ3v) is 6.69. The van der Waals surface area contributed by atoms with E-state index in [1.165, 1.54) is 11.3 Å². The number of nitrogens with two attached hydrogens (primary N) is 2. The van der Waals surface area contributed by atoms with Crippen LogP contribution in [0.4, 0.5) is 0 Å². The van der Waals surface area contributed by atoms with Gasteiger partial charge in [0.15, 0.2) is 10.1 Å².